The molecule has 2 aliphatic heterocycles. The quantitative estimate of drug-likeness (QED) is 0.818. The first-order chi connectivity index (χ1) is 13.5. The number of alkyl halides is 2. The Hall–Kier alpha value is -2.47. The van der Waals surface area contributed by atoms with Gasteiger partial charge in [-0.1, -0.05) is 30.3 Å². The molecule has 0 saturated carbocycles. The Morgan fingerprint density at radius 3 is 2.50 bits per heavy atom. The zero-order valence-electron chi connectivity index (χ0n) is 15.4. The van der Waals surface area contributed by atoms with Crippen LogP contribution in [0.3, 0.4) is 0 Å². The van der Waals surface area contributed by atoms with E-state index in [0.29, 0.717) is 5.56 Å². The number of fused-ring (bicyclic) bond motifs is 2. The number of nitrogens with zero attached hydrogens (tertiary/aromatic N) is 1. The predicted molar refractivity (Wildman–Crippen MR) is 100 cm³/mol. The summed E-state index contributed by atoms with van der Waals surface area (Å²) in [6.07, 6.45) is 3.31. The van der Waals surface area contributed by atoms with Crippen molar-refractivity contribution in [3.8, 4) is 5.75 Å². The summed E-state index contributed by atoms with van der Waals surface area (Å²) in [5.41, 5.74) is 1.27. The molecule has 28 heavy (non-hydrogen) atoms. The van der Waals surface area contributed by atoms with Gasteiger partial charge in [0.25, 0.3) is 5.91 Å². The van der Waals surface area contributed by atoms with Crippen LogP contribution in [0.2, 0.25) is 0 Å². The fourth-order valence-corrected chi connectivity index (χ4v) is 4.94. The summed E-state index contributed by atoms with van der Waals surface area (Å²) in [5, 5.41) is 10.3. The lowest BCUT2D eigenvalue weighted by molar-refractivity contribution is -0.0498. The van der Waals surface area contributed by atoms with Crippen LogP contribution in [0.15, 0.2) is 54.6 Å². The second kappa shape index (κ2) is 7.51. The number of aliphatic hydroxyl groups is 1. The molecular weight excluding hydrogens is 364 g/mol. The molecule has 2 aromatic carbocycles. The van der Waals surface area contributed by atoms with Gasteiger partial charge in [-0.05, 0) is 55.5 Å². The van der Waals surface area contributed by atoms with Crippen LogP contribution < -0.4 is 4.74 Å². The number of amides is 1. The first-order valence-electron chi connectivity index (χ1n) is 9.55. The molecule has 0 unspecified atom stereocenters. The van der Waals surface area contributed by atoms with Crippen LogP contribution in [0.4, 0.5) is 8.78 Å². The molecule has 2 bridgehead atoms. The Morgan fingerprint density at radius 1 is 1.14 bits per heavy atom. The molecule has 2 saturated heterocycles. The van der Waals surface area contributed by atoms with E-state index in [4.69, 9.17) is 0 Å². The second-order valence-electron chi connectivity index (χ2n) is 7.75. The summed E-state index contributed by atoms with van der Waals surface area (Å²) in [4.78, 5) is 15.1. The molecular formula is C22H23F2NO3. The fourth-order valence-electron chi connectivity index (χ4n) is 4.94. The summed E-state index contributed by atoms with van der Waals surface area (Å²) in [6.45, 7) is -2.85. The number of benzene rings is 2. The topological polar surface area (TPSA) is 49.8 Å². The van der Waals surface area contributed by atoms with E-state index in [-0.39, 0.29) is 35.8 Å². The van der Waals surface area contributed by atoms with Gasteiger partial charge in [0.1, 0.15) is 5.75 Å². The van der Waals surface area contributed by atoms with Gasteiger partial charge < -0.3 is 14.7 Å². The highest BCUT2D eigenvalue weighted by molar-refractivity contribution is 5.95. The molecule has 1 N–H and O–H groups in total. The highest BCUT2D eigenvalue weighted by Crippen LogP contribution is 2.51. The summed E-state index contributed by atoms with van der Waals surface area (Å²) in [7, 11) is 0. The number of carbonyl (C=O) groups excluding carboxylic acids is 1. The van der Waals surface area contributed by atoms with Crippen molar-refractivity contribution in [3.05, 3.63) is 65.7 Å². The van der Waals surface area contributed by atoms with E-state index >= 15 is 0 Å². The molecule has 2 fully saturated rings. The summed E-state index contributed by atoms with van der Waals surface area (Å²) < 4.78 is 29.0. The molecule has 6 heteroatoms. The van der Waals surface area contributed by atoms with Crippen LogP contribution in [-0.4, -0.2) is 41.2 Å². The molecule has 2 aromatic rings. The molecule has 2 aliphatic rings. The van der Waals surface area contributed by atoms with Gasteiger partial charge in [-0.2, -0.15) is 8.78 Å². The van der Waals surface area contributed by atoms with E-state index < -0.39 is 6.61 Å². The highest BCUT2D eigenvalue weighted by Gasteiger charge is 2.57. The van der Waals surface area contributed by atoms with E-state index in [0.717, 1.165) is 31.2 Å². The molecule has 1 amide bonds. The van der Waals surface area contributed by atoms with Crippen molar-refractivity contribution in [1.82, 2.24) is 4.90 Å². The Bertz CT molecular complexity index is 827. The zero-order chi connectivity index (χ0) is 19.7. The molecule has 4 nitrogen and oxygen atoms in total. The first-order valence-corrected chi connectivity index (χ1v) is 9.55. The van der Waals surface area contributed by atoms with E-state index in [1.807, 2.05) is 23.1 Å². The smallest absolute Gasteiger partial charge is 0.387 e. The lowest BCUT2D eigenvalue weighted by Gasteiger charge is -2.36. The third-order valence-electron chi connectivity index (χ3n) is 6.13. The number of aliphatic hydroxyl groups excluding tert-OH is 1. The van der Waals surface area contributed by atoms with E-state index in [9.17, 15) is 18.7 Å². The van der Waals surface area contributed by atoms with Gasteiger partial charge in [-0.3, -0.25) is 4.79 Å². The number of hydrogen-bond acceptors (Lipinski definition) is 3. The summed E-state index contributed by atoms with van der Waals surface area (Å²) >= 11 is 0. The van der Waals surface area contributed by atoms with Gasteiger partial charge in [0.05, 0.1) is 6.61 Å². The van der Waals surface area contributed by atoms with Crippen LogP contribution in [0, 0.1) is 5.41 Å². The van der Waals surface area contributed by atoms with Crippen LogP contribution >= 0.6 is 0 Å². The summed E-state index contributed by atoms with van der Waals surface area (Å²) in [5.74, 6) is -0.0794. The van der Waals surface area contributed by atoms with E-state index in [1.54, 1.807) is 0 Å². The average Bonchev–Trinajstić information content (AvgIpc) is 3.24. The maximum Gasteiger partial charge on any atom is 0.387 e. The number of carbonyl (C=O) groups is 1. The first kappa shape index (κ1) is 18.9. The number of halogens is 2. The Labute approximate surface area is 162 Å². The molecule has 0 spiro atoms. The largest absolute Gasteiger partial charge is 0.435 e. The number of hydrogen-bond donors (Lipinski definition) is 1. The van der Waals surface area contributed by atoms with Crippen LogP contribution in [0.25, 0.3) is 0 Å². The maximum atomic E-state index is 13.2. The second-order valence-corrected chi connectivity index (χ2v) is 7.75. The van der Waals surface area contributed by atoms with Crippen LogP contribution in [-0.2, 0) is 6.42 Å². The molecule has 0 radical (unpaired) electrons. The normalized spacial score (nSPS) is 26.1. The fraction of sp³-hybridized carbons (Fsp3) is 0.409. The standard InChI is InChI=1S/C22H23F2NO3/c23-21(24)28-18-9-6-16(7-10-18)20(27)25-17-8-11-19(25)22(13-17,14-26)12-15-4-2-1-3-5-15/h1-7,9-10,17,19,21,26H,8,11-14H2/t17-,19+,22-/m0/s1. The molecule has 0 aromatic heterocycles. The minimum absolute atomic E-state index is 0.0211. The maximum absolute atomic E-state index is 13.2. The Morgan fingerprint density at radius 2 is 1.86 bits per heavy atom. The number of rotatable bonds is 6. The zero-order valence-corrected chi connectivity index (χ0v) is 15.4. The summed E-state index contributed by atoms with van der Waals surface area (Å²) in [6, 6.07) is 15.9. The van der Waals surface area contributed by atoms with Crippen LogP contribution in [0.5, 0.6) is 5.75 Å². The van der Waals surface area contributed by atoms with Gasteiger partial charge >= 0.3 is 6.61 Å². The number of ether oxygens (including phenoxy) is 1. The van der Waals surface area contributed by atoms with Crippen molar-refractivity contribution >= 4 is 5.91 Å². The monoisotopic (exact) mass is 387 g/mol. The molecule has 2 heterocycles. The molecule has 0 aliphatic carbocycles. The van der Waals surface area contributed by atoms with Gasteiger partial charge in [-0.15, -0.1) is 0 Å². The minimum atomic E-state index is -2.89. The van der Waals surface area contributed by atoms with Gasteiger partial charge in [0, 0.05) is 23.1 Å². The molecule has 148 valence electrons. The minimum Gasteiger partial charge on any atom is -0.435 e. The van der Waals surface area contributed by atoms with Crippen molar-refractivity contribution < 1.29 is 23.4 Å². The Balaban J connectivity index is 1.55. The average molecular weight is 387 g/mol. The lowest BCUT2D eigenvalue weighted by Crippen LogP contribution is -2.43. The van der Waals surface area contributed by atoms with Gasteiger partial charge in [-0.25, -0.2) is 0 Å². The third kappa shape index (κ3) is 3.37. The van der Waals surface area contributed by atoms with Crippen LogP contribution in [0.1, 0.15) is 35.2 Å². The molecule has 3 atom stereocenters. The lowest BCUT2D eigenvalue weighted by atomic mass is 9.70. The van der Waals surface area contributed by atoms with Gasteiger partial charge in [0.15, 0.2) is 0 Å². The molecule has 4 rings (SSSR count). The van der Waals surface area contributed by atoms with Crippen molar-refractivity contribution in [2.75, 3.05) is 6.61 Å². The third-order valence-corrected chi connectivity index (χ3v) is 6.13. The predicted octanol–water partition coefficient (Wildman–Crippen LogP) is 3.89. The van der Waals surface area contributed by atoms with Crippen molar-refractivity contribution in [3.63, 3.8) is 0 Å². The highest BCUT2D eigenvalue weighted by atomic mass is 19.3. The SMILES string of the molecule is O=C(c1ccc(OC(F)F)cc1)N1[C@H]2CC[C@@H]1[C@@](CO)(Cc1ccccc1)C2. The van der Waals surface area contributed by atoms with Gasteiger partial charge in [0.2, 0.25) is 0 Å². The Kier molecular flexibility index (Phi) is 5.06. The van der Waals surface area contributed by atoms with E-state index in [1.165, 1.54) is 24.3 Å². The van der Waals surface area contributed by atoms with Crippen molar-refractivity contribution in [2.45, 2.75) is 44.4 Å². The van der Waals surface area contributed by atoms with Crippen molar-refractivity contribution in [2.24, 2.45) is 5.41 Å². The van der Waals surface area contributed by atoms with E-state index in [2.05, 4.69) is 16.9 Å². The van der Waals surface area contributed by atoms with Crippen molar-refractivity contribution in [1.29, 1.82) is 0 Å².